The van der Waals surface area contributed by atoms with Gasteiger partial charge >= 0.3 is 0 Å². The fourth-order valence-electron chi connectivity index (χ4n) is 1.12. The summed E-state index contributed by atoms with van der Waals surface area (Å²) in [5.74, 6) is 0. The van der Waals surface area contributed by atoms with Gasteiger partial charge in [-0.2, -0.15) is 0 Å². The summed E-state index contributed by atoms with van der Waals surface area (Å²) < 4.78 is 11.9. The Morgan fingerprint density at radius 2 is 2.00 bits per heavy atom. The van der Waals surface area contributed by atoms with Crippen molar-refractivity contribution < 1.29 is 4.39 Å². The molecule has 0 radical (unpaired) electrons. The van der Waals surface area contributed by atoms with E-state index < -0.39 is 0 Å². The highest BCUT2D eigenvalue weighted by Gasteiger charge is 2.08. The first-order chi connectivity index (χ1) is 4.34. The van der Waals surface area contributed by atoms with Gasteiger partial charge in [-0.05, 0) is 36.8 Å². The summed E-state index contributed by atoms with van der Waals surface area (Å²) in [5.41, 5.74) is 1.81. The van der Waals surface area contributed by atoms with Gasteiger partial charge in [0.25, 0.3) is 0 Å². The Hall–Kier alpha value is -0.590. The van der Waals surface area contributed by atoms with E-state index in [1.807, 2.05) is 0 Å². The Morgan fingerprint density at radius 1 is 1.33 bits per heavy atom. The van der Waals surface area contributed by atoms with Crippen molar-refractivity contribution in [1.29, 1.82) is 0 Å². The highest BCUT2D eigenvalue weighted by Crippen LogP contribution is 2.26. The zero-order chi connectivity index (χ0) is 6.69. The number of allylic oxidation sites excluding steroid dienone is 2. The molecule has 0 heterocycles. The molecule has 1 aliphatic rings. The first kappa shape index (κ1) is 6.53. The maximum atomic E-state index is 11.9. The van der Waals surface area contributed by atoms with Crippen LogP contribution in [0.15, 0.2) is 24.1 Å². The minimum Gasteiger partial charge on any atom is -0.215 e. The third-order valence-corrected chi connectivity index (χ3v) is 1.76. The highest BCUT2D eigenvalue weighted by molar-refractivity contribution is 5.28. The normalized spacial score (nSPS) is 25.0. The molecule has 0 aromatic rings. The Bertz CT molecular complexity index is 145. The van der Waals surface area contributed by atoms with Gasteiger partial charge in [0, 0.05) is 0 Å². The van der Waals surface area contributed by atoms with Crippen LogP contribution in [0.25, 0.3) is 0 Å². The van der Waals surface area contributed by atoms with Gasteiger partial charge in [0.15, 0.2) is 0 Å². The van der Waals surface area contributed by atoms with E-state index in [-0.39, 0.29) is 0 Å². The van der Waals surface area contributed by atoms with Gasteiger partial charge in [-0.25, -0.2) is 4.39 Å². The van der Waals surface area contributed by atoms with E-state index in [2.05, 4.69) is 6.58 Å². The average molecular weight is 126 g/mol. The Balaban J connectivity index is 2.60. The van der Waals surface area contributed by atoms with E-state index in [9.17, 15) is 4.39 Å². The van der Waals surface area contributed by atoms with E-state index in [1.165, 1.54) is 6.42 Å². The molecule has 0 nitrogen and oxygen atoms in total. The quantitative estimate of drug-likeness (QED) is 0.468. The van der Waals surface area contributed by atoms with Crippen LogP contribution in [0.1, 0.15) is 25.7 Å². The number of rotatable bonds is 0. The molecule has 1 saturated carbocycles. The van der Waals surface area contributed by atoms with E-state index >= 15 is 0 Å². The Kier molecular flexibility index (Phi) is 2.04. The van der Waals surface area contributed by atoms with Crippen molar-refractivity contribution in [2.24, 2.45) is 0 Å². The van der Waals surface area contributed by atoms with E-state index in [0.29, 0.717) is 6.33 Å². The van der Waals surface area contributed by atoms with E-state index in [0.717, 1.165) is 30.4 Å². The van der Waals surface area contributed by atoms with Gasteiger partial charge in [0.05, 0.1) is 6.33 Å². The second-order valence-electron chi connectivity index (χ2n) is 2.45. The average Bonchev–Trinajstić information content (AvgIpc) is 1.89. The summed E-state index contributed by atoms with van der Waals surface area (Å²) in [6.07, 6.45) is 4.86. The molecular formula is C8H11F. The van der Waals surface area contributed by atoms with Crippen LogP contribution in [0.5, 0.6) is 0 Å². The molecule has 0 aromatic heterocycles. The molecule has 0 saturated heterocycles. The minimum atomic E-state index is 0.696. The van der Waals surface area contributed by atoms with Crippen LogP contribution in [0, 0.1) is 0 Å². The van der Waals surface area contributed by atoms with Crippen molar-refractivity contribution >= 4 is 0 Å². The smallest absolute Gasteiger partial charge is 0.0901 e. The van der Waals surface area contributed by atoms with Crippen molar-refractivity contribution in [1.82, 2.24) is 0 Å². The van der Waals surface area contributed by atoms with Crippen molar-refractivity contribution in [3.8, 4) is 0 Å². The lowest BCUT2D eigenvalue weighted by Gasteiger charge is -2.14. The first-order valence-corrected chi connectivity index (χ1v) is 3.32. The Labute approximate surface area is 55.1 Å². The second kappa shape index (κ2) is 2.81. The summed E-state index contributed by atoms with van der Waals surface area (Å²) in [7, 11) is 0. The minimum absolute atomic E-state index is 0.696. The molecule has 9 heavy (non-hydrogen) atoms. The van der Waals surface area contributed by atoms with Gasteiger partial charge in [-0.1, -0.05) is 6.58 Å². The second-order valence-corrected chi connectivity index (χ2v) is 2.45. The number of hydrogen-bond acceptors (Lipinski definition) is 0. The Morgan fingerprint density at radius 3 is 2.44 bits per heavy atom. The lowest BCUT2D eigenvalue weighted by atomic mass is 9.92. The first-order valence-electron chi connectivity index (χ1n) is 3.32. The zero-order valence-electron chi connectivity index (χ0n) is 5.49. The molecule has 0 unspecified atom stereocenters. The third kappa shape index (κ3) is 1.41. The highest BCUT2D eigenvalue weighted by atomic mass is 19.1. The standard InChI is InChI=1S/C8H11F/c1-7-4-2-3-5-8(7)6-9/h6H,1-5H2/b8-6+. The van der Waals surface area contributed by atoms with E-state index in [1.54, 1.807) is 0 Å². The molecule has 50 valence electrons. The fraction of sp³-hybridized carbons (Fsp3) is 0.500. The molecule has 0 amide bonds. The maximum absolute atomic E-state index is 11.9. The molecule has 0 aliphatic heterocycles. The predicted molar refractivity (Wildman–Crippen MR) is 36.8 cm³/mol. The summed E-state index contributed by atoms with van der Waals surface area (Å²) >= 11 is 0. The zero-order valence-corrected chi connectivity index (χ0v) is 5.49. The van der Waals surface area contributed by atoms with Gasteiger partial charge in [-0.15, -0.1) is 0 Å². The van der Waals surface area contributed by atoms with Crippen LogP contribution >= 0.6 is 0 Å². The molecule has 1 heteroatoms. The van der Waals surface area contributed by atoms with Crippen LogP contribution in [0.2, 0.25) is 0 Å². The van der Waals surface area contributed by atoms with Crippen LogP contribution in [-0.4, -0.2) is 0 Å². The van der Waals surface area contributed by atoms with Gasteiger partial charge in [0.1, 0.15) is 0 Å². The molecule has 0 bridgehead atoms. The molecule has 1 aliphatic carbocycles. The van der Waals surface area contributed by atoms with Crippen LogP contribution in [-0.2, 0) is 0 Å². The molecule has 0 N–H and O–H groups in total. The van der Waals surface area contributed by atoms with Gasteiger partial charge < -0.3 is 0 Å². The monoisotopic (exact) mass is 126 g/mol. The summed E-state index contributed by atoms with van der Waals surface area (Å²) in [6, 6.07) is 0. The van der Waals surface area contributed by atoms with Crippen LogP contribution in [0.4, 0.5) is 4.39 Å². The largest absolute Gasteiger partial charge is 0.215 e. The summed E-state index contributed by atoms with van der Waals surface area (Å²) in [6.45, 7) is 3.76. The van der Waals surface area contributed by atoms with Crippen LogP contribution in [0.3, 0.4) is 0 Å². The molecule has 1 rings (SSSR count). The molecule has 1 fully saturated rings. The number of halogens is 1. The van der Waals surface area contributed by atoms with E-state index in [4.69, 9.17) is 0 Å². The molecular weight excluding hydrogens is 115 g/mol. The lowest BCUT2D eigenvalue weighted by Crippen LogP contribution is -1.95. The fourth-order valence-corrected chi connectivity index (χ4v) is 1.12. The predicted octanol–water partition coefficient (Wildman–Crippen LogP) is 2.97. The van der Waals surface area contributed by atoms with Gasteiger partial charge in [-0.3, -0.25) is 0 Å². The van der Waals surface area contributed by atoms with Crippen molar-refractivity contribution in [3.05, 3.63) is 24.1 Å². The molecule has 0 spiro atoms. The summed E-state index contributed by atoms with van der Waals surface area (Å²) in [4.78, 5) is 0. The van der Waals surface area contributed by atoms with Crippen molar-refractivity contribution in [2.45, 2.75) is 25.7 Å². The maximum Gasteiger partial charge on any atom is 0.0901 e. The lowest BCUT2D eigenvalue weighted by molar-refractivity contribution is 0.641. The topological polar surface area (TPSA) is 0 Å². The molecule has 0 atom stereocenters. The number of hydrogen-bond donors (Lipinski definition) is 0. The SMILES string of the molecule is C=C1CCCC/C1=C\F. The summed E-state index contributed by atoms with van der Waals surface area (Å²) in [5, 5.41) is 0. The molecule has 0 aromatic carbocycles. The van der Waals surface area contributed by atoms with Crippen molar-refractivity contribution in [2.75, 3.05) is 0 Å². The van der Waals surface area contributed by atoms with Gasteiger partial charge in [0.2, 0.25) is 0 Å². The third-order valence-electron chi connectivity index (χ3n) is 1.76. The van der Waals surface area contributed by atoms with Crippen molar-refractivity contribution in [3.63, 3.8) is 0 Å². The van der Waals surface area contributed by atoms with Crippen LogP contribution < -0.4 is 0 Å².